The lowest BCUT2D eigenvalue weighted by Crippen LogP contribution is -2.40. The summed E-state index contributed by atoms with van der Waals surface area (Å²) in [6, 6.07) is 7.03. The molecule has 11 heteroatoms. The zero-order valence-electron chi connectivity index (χ0n) is 13.3. The number of allylic oxidation sites excluding steroid dienone is 1. The Hall–Kier alpha value is -1.97. The minimum Gasteiger partial charge on any atom is -0.420 e. The second kappa shape index (κ2) is 7.57. The van der Waals surface area contributed by atoms with Crippen molar-refractivity contribution in [3.8, 4) is 5.75 Å². The lowest BCUT2D eigenvalue weighted by molar-refractivity contribution is -0.117. The smallest absolute Gasteiger partial charge is 0.420 e. The molecule has 2 heterocycles. The Morgan fingerprint density at radius 1 is 1.33 bits per heavy atom. The van der Waals surface area contributed by atoms with E-state index in [0.29, 0.717) is 17.0 Å². The van der Waals surface area contributed by atoms with E-state index < -0.39 is 15.8 Å². The van der Waals surface area contributed by atoms with Crippen molar-refractivity contribution >= 4 is 61.5 Å². The minimum atomic E-state index is -3.81. The van der Waals surface area contributed by atoms with E-state index in [2.05, 4.69) is 41.2 Å². The highest BCUT2D eigenvalue weighted by Gasteiger charge is 2.37. The fourth-order valence-electron chi connectivity index (χ4n) is 2.31. The van der Waals surface area contributed by atoms with Crippen LogP contribution in [0.5, 0.6) is 5.75 Å². The number of ether oxygens (including phenoxy) is 1. The number of dihydropyridines is 1. The fraction of sp³-hybridized carbons (Fsp3) is 0.188. The second-order valence-electron chi connectivity index (χ2n) is 5.52. The molecule has 142 valence electrons. The van der Waals surface area contributed by atoms with Gasteiger partial charge in [0.25, 0.3) is 0 Å². The van der Waals surface area contributed by atoms with Crippen molar-refractivity contribution in [3.05, 3.63) is 48.3 Å². The van der Waals surface area contributed by atoms with E-state index in [4.69, 9.17) is 23.2 Å². The molecule has 1 aromatic heterocycles. The van der Waals surface area contributed by atoms with E-state index in [9.17, 15) is 13.6 Å². The maximum absolute atomic E-state index is 12.7. The summed E-state index contributed by atoms with van der Waals surface area (Å²) in [5.74, 6) is -0.555. The number of hydrogen-bond donors (Lipinski definition) is 2. The second-order valence-corrected chi connectivity index (χ2v) is 7.74. The Bertz CT molecular complexity index is 898. The van der Waals surface area contributed by atoms with Gasteiger partial charge in [0.15, 0.2) is 0 Å². The quantitative estimate of drug-likeness (QED) is 0.624. The lowest BCUT2D eigenvalue weighted by Gasteiger charge is -2.25. The van der Waals surface area contributed by atoms with Gasteiger partial charge in [-0.1, -0.05) is 27.5 Å². The van der Waals surface area contributed by atoms with E-state index in [-0.39, 0.29) is 17.5 Å². The molecule has 0 saturated carbocycles. The topological polar surface area (TPSA) is 79.4 Å². The predicted molar refractivity (Wildman–Crippen MR) is 103 cm³/mol. The third-order valence-corrected chi connectivity index (χ3v) is 4.80. The average molecular weight is 480 g/mol. The fourth-order valence-corrected chi connectivity index (χ4v) is 3.07. The number of carbonyl (C=O) groups excluding carboxylic acids is 1. The number of halogens is 5. The Morgan fingerprint density at radius 2 is 2.04 bits per heavy atom. The van der Waals surface area contributed by atoms with E-state index >= 15 is 0 Å². The molecular weight excluding hydrogens is 469 g/mol. The molecule has 6 nitrogen and oxygen atoms in total. The number of carbonyl (C=O) groups is 1. The number of benzene rings is 1. The highest BCUT2D eigenvalue weighted by molar-refractivity contribution is 9.10. The average Bonchev–Trinajstić information content (AvgIpc) is 3.12. The molecule has 0 aliphatic carbocycles. The number of aromatic amines is 1. The summed E-state index contributed by atoms with van der Waals surface area (Å²) in [6.07, 6.45) is 3.19. The number of nitrogens with zero attached hydrogens (tertiary/aromatic N) is 2. The molecule has 0 bridgehead atoms. The van der Waals surface area contributed by atoms with E-state index in [1.165, 1.54) is 24.3 Å². The maximum atomic E-state index is 12.7. The third kappa shape index (κ3) is 4.85. The number of anilines is 1. The summed E-state index contributed by atoms with van der Waals surface area (Å²) in [4.78, 5) is 16.9. The zero-order valence-corrected chi connectivity index (χ0v) is 16.4. The first kappa shape index (κ1) is 19.8. The summed E-state index contributed by atoms with van der Waals surface area (Å²) in [5.41, 5.74) is -2.29. The van der Waals surface area contributed by atoms with Crippen LogP contribution in [-0.2, 0) is 4.79 Å². The molecular formula is C16H11BrCl2F2N4O2. The van der Waals surface area contributed by atoms with Crippen LogP contribution in [0.1, 0.15) is 5.69 Å². The number of H-pyrrole nitrogens is 1. The number of rotatable bonds is 5. The molecule has 0 radical (unpaired) electrons. The first-order valence-corrected chi connectivity index (χ1v) is 9.00. The number of amides is 1. The first-order valence-electron chi connectivity index (χ1n) is 7.45. The standard InChI is InChI=1S/C16H11BrCl2F2N4O2/c17-15(7-11(13(18)22-8-15)12-5-6-23-25-12)14(26)24-9-1-3-10(4-2-9)27-16(19,20)21/h1-7H,8H2,(H,23,25)(H,24,26)/t15-/m1/s1. The van der Waals surface area contributed by atoms with Crippen molar-refractivity contribution in [1.29, 1.82) is 0 Å². The van der Waals surface area contributed by atoms with Crippen LogP contribution in [0.25, 0.3) is 5.57 Å². The van der Waals surface area contributed by atoms with Gasteiger partial charge in [0.2, 0.25) is 5.91 Å². The van der Waals surface area contributed by atoms with Crippen molar-refractivity contribution in [2.75, 3.05) is 11.9 Å². The highest BCUT2D eigenvalue weighted by Crippen LogP contribution is 2.33. The summed E-state index contributed by atoms with van der Waals surface area (Å²) in [5, 5.41) is 9.56. The molecule has 0 unspecified atom stereocenters. The van der Waals surface area contributed by atoms with Crippen molar-refractivity contribution in [2.45, 2.75) is 9.89 Å². The molecule has 2 N–H and O–H groups in total. The predicted octanol–water partition coefficient (Wildman–Crippen LogP) is 4.38. The van der Waals surface area contributed by atoms with Crippen molar-refractivity contribution in [2.24, 2.45) is 4.99 Å². The number of alkyl halides is 4. The van der Waals surface area contributed by atoms with Gasteiger partial charge in [0.1, 0.15) is 15.2 Å². The number of aliphatic imine (C=N–C) groups is 1. The van der Waals surface area contributed by atoms with Gasteiger partial charge < -0.3 is 10.1 Å². The third-order valence-electron chi connectivity index (χ3n) is 3.56. The molecule has 2 aromatic rings. The van der Waals surface area contributed by atoms with Gasteiger partial charge in [-0.2, -0.15) is 5.10 Å². The summed E-state index contributed by atoms with van der Waals surface area (Å²) in [6.45, 7) is 0.0783. The van der Waals surface area contributed by atoms with Crippen LogP contribution >= 0.6 is 39.1 Å². The van der Waals surface area contributed by atoms with E-state index in [1.54, 1.807) is 18.3 Å². The normalized spacial score (nSPS) is 19.9. The first-order chi connectivity index (χ1) is 12.7. The minimum absolute atomic E-state index is 0.0783. The Morgan fingerprint density at radius 3 is 2.63 bits per heavy atom. The molecule has 0 fully saturated rings. The van der Waals surface area contributed by atoms with Crippen molar-refractivity contribution in [3.63, 3.8) is 0 Å². The molecule has 1 atom stereocenters. The van der Waals surface area contributed by atoms with Crippen LogP contribution in [0.15, 0.2) is 47.6 Å². The molecule has 1 aliphatic rings. The molecule has 27 heavy (non-hydrogen) atoms. The summed E-state index contributed by atoms with van der Waals surface area (Å²) >= 11 is 14.2. The van der Waals surface area contributed by atoms with Crippen LogP contribution in [-0.4, -0.2) is 37.7 Å². The molecule has 3 rings (SSSR count). The van der Waals surface area contributed by atoms with Crippen LogP contribution in [0.4, 0.5) is 14.5 Å². The van der Waals surface area contributed by atoms with Crippen LogP contribution in [0.2, 0.25) is 0 Å². The summed E-state index contributed by atoms with van der Waals surface area (Å²) < 4.78 is 28.3. The Labute approximate surface area is 170 Å². The van der Waals surface area contributed by atoms with Crippen LogP contribution in [0.3, 0.4) is 0 Å². The van der Waals surface area contributed by atoms with Crippen molar-refractivity contribution < 1.29 is 18.3 Å². The lowest BCUT2D eigenvalue weighted by atomic mass is 10.00. The molecule has 1 amide bonds. The number of aromatic nitrogens is 2. The van der Waals surface area contributed by atoms with Gasteiger partial charge in [0.05, 0.1) is 12.2 Å². The van der Waals surface area contributed by atoms with Gasteiger partial charge >= 0.3 is 5.57 Å². The monoisotopic (exact) mass is 478 g/mol. The summed E-state index contributed by atoms with van der Waals surface area (Å²) in [7, 11) is 0. The largest absolute Gasteiger partial charge is 0.487 e. The van der Waals surface area contributed by atoms with E-state index in [1.807, 2.05) is 0 Å². The van der Waals surface area contributed by atoms with Crippen LogP contribution in [0, 0.1) is 0 Å². The van der Waals surface area contributed by atoms with Gasteiger partial charge in [0, 0.05) is 29.1 Å². The molecule has 1 aromatic carbocycles. The van der Waals surface area contributed by atoms with Crippen molar-refractivity contribution in [1.82, 2.24) is 10.2 Å². The highest BCUT2D eigenvalue weighted by atomic mass is 79.9. The van der Waals surface area contributed by atoms with E-state index in [0.717, 1.165) is 0 Å². The molecule has 1 aliphatic heterocycles. The zero-order chi connectivity index (χ0) is 19.7. The molecule has 0 saturated heterocycles. The SMILES string of the molecule is O=C(Nc1ccc(OC(F)(F)Cl)cc1)[C@@]1(Br)C=C(c2ccn[nH]2)C(Cl)=NC1. The molecule has 0 spiro atoms. The Kier molecular flexibility index (Phi) is 5.55. The van der Waals surface area contributed by atoms with Crippen LogP contribution < -0.4 is 10.1 Å². The van der Waals surface area contributed by atoms with Gasteiger partial charge in [-0.05, 0) is 36.4 Å². The number of nitrogens with one attached hydrogen (secondary N) is 2. The maximum Gasteiger partial charge on any atom is 0.487 e. The van der Waals surface area contributed by atoms with Gasteiger partial charge in [-0.15, -0.1) is 8.78 Å². The van der Waals surface area contributed by atoms with Gasteiger partial charge in [-0.3, -0.25) is 14.9 Å². The Balaban J connectivity index is 1.75. The van der Waals surface area contributed by atoms with Gasteiger partial charge in [-0.25, -0.2) is 0 Å². The number of hydrogen-bond acceptors (Lipinski definition) is 4.